The number of amidine groups is 1. The van der Waals surface area contributed by atoms with Gasteiger partial charge >= 0.3 is 0 Å². The van der Waals surface area contributed by atoms with E-state index in [4.69, 9.17) is 5.73 Å². The molecule has 1 amide bonds. The van der Waals surface area contributed by atoms with Gasteiger partial charge < -0.3 is 11.1 Å². The van der Waals surface area contributed by atoms with Crippen LogP contribution in [0.25, 0.3) is 0 Å². The molecule has 1 aliphatic rings. The first-order chi connectivity index (χ1) is 8.55. The quantitative estimate of drug-likeness (QED) is 0.650. The van der Waals surface area contributed by atoms with Crippen molar-refractivity contribution in [1.82, 2.24) is 0 Å². The maximum Gasteiger partial charge on any atom is 0.211 e. The van der Waals surface area contributed by atoms with Crippen molar-refractivity contribution in [2.24, 2.45) is 10.7 Å². The standard InChI is InChI=1S/C12H16N3OPS/c1-12(4-5-18-11(13)15-12)9-6-8(14-7-16)2-3-10(9)17/h2-3,6-7H,4-5,17H2,1H3,(H2,13,15)(H,14,16). The highest BCUT2D eigenvalue weighted by Crippen LogP contribution is 2.35. The van der Waals surface area contributed by atoms with Crippen molar-refractivity contribution >= 4 is 43.6 Å². The van der Waals surface area contributed by atoms with Crippen molar-refractivity contribution < 1.29 is 4.79 Å². The van der Waals surface area contributed by atoms with Gasteiger partial charge in [-0.05, 0) is 36.3 Å². The molecule has 2 atom stereocenters. The molecule has 0 saturated heterocycles. The summed E-state index contributed by atoms with van der Waals surface area (Å²) in [6.45, 7) is 2.08. The Kier molecular flexibility index (Phi) is 3.93. The largest absolute Gasteiger partial charge is 0.379 e. The van der Waals surface area contributed by atoms with Crippen molar-refractivity contribution in [2.45, 2.75) is 18.9 Å². The van der Waals surface area contributed by atoms with Gasteiger partial charge in [-0.3, -0.25) is 9.79 Å². The topological polar surface area (TPSA) is 67.5 Å². The van der Waals surface area contributed by atoms with Crippen molar-refractivity contribution in [3.63, 3.8) is 0 Å². The van der Waals surface area contributed by atoms with Gasteiger partial charge in [-0.15, -0.1) is 9.24 Å². The number of rotatable bonds is 3. The Bertz CT molecular complexity index is 506. The van der Waals surface area contributed by atoms with Gasteiger partial charge in [0.25, 0.3) is 0 Å². The third-order valence-corrected chi connectivity index (χ3v) is 4.35. The van der Waals surface area contributed by atoms with E-state index in [2.05, 4.69) is 26.5 Å². The molecule has 0 aromatic heterocycles. The summed E-state index contributed by atoms with van der Waals surface area (Å²) in [5, 5.41) is 4.38. The van der Waals surface area contributed by atoms with Crippen LogP contribution in [-0.4, -0.2) is 17.3 Å². The highest BCUT2D eigenvalue weighted by molar-refractivity contribution is 8.13. The first kappa shape index (κ1) is 13.4. The van der Waals surface area contributed by atoms with E-state index in [9.17, 15) is 4.79 Å². The number of carbonyl (C=O) groups is 1. The number of hydrogen-bond acceptors (Lipinski definition) is 4. The third-order valence-electron chi connectivity index (χ3n) is 3.05. The summed E-state index contributed by atoms with van der Waals surface area (Å²) in [4.78, 5) is 15.1. The third kappa shape index (κ3) is 2.68. The lowest BCUT2D eigenvalue weighted by molar-refractivity contribution is -0.105. The van der Waals surface area contributed by atoms with E-state index in [0.29, 0.717) is 11.6 Å². The molecule has 0 aliphatic carbocycles. The van der Waals surface area contributed by atoms with Crippen LogP contribution in [0.5, 0.6) is 0 Å². The Morgan fingerprint density at radius 1 is 1.61 bits per heavy atom. The van der Waals surface area contributed by atoms with E-state index in [-0.39, 0.29) is 5.54 Å². The monoisotopic (exact) mass is 281 g/mol. The van der Waals surface area contributed by atoms with E-state index < -0.39 is 0 Å². The second-order valence-corrected chi connectivity index (χ2v) is 6.12. The van der Waals surface area contributed by atoms with E-state index in [1.165, 1.54) is 0 Å². The predicted molar refractivity (Wildman–Crippen MR) is 81.5 cm³/mol. The van der Waals surface area contributed by atoms with Crippen LogP contribution in [0.2, 0.25) is 0 Å². The number of hydrogen-bond donors (Lipinski definition) is 2. The van der Waals surface area contributed by atoms with E-state index in [0.717, 1.165) is 28.7 Å². The minimum Gasteiger partial charge on any atom is -0.379 e. The predicted octanol–water partition coefficient (Wildman–Crippen LogP) is 1.42. The molecule has 3 N–H and O–H groups in total. The molecule has 0 bridgehead atoms. The Labute approximate surface area is 113 Å². The molecule has 1 heterocycles. The molecule has 2 rings (SSSR count). The van der Waals surface area contributed by atoms with Crippen LogP contribution >= 0.6 is 21.0 Å². The lowest BCUT2D eigenvalue weighted by atomic mass is 9.89. The van der Waals surface area contributed by atoms with Gasteiger partial charge in [0.2, 0.25) is 6.41 Å². The smallest absolute Gasteiger partial charge is 0.211 e. The Morgan fingerprint density at radius 3 is 3.06 bits per heavy atom. The molecule has 0 spiro atoms. The Morgan fingerprint density at radius 2 is 2.39 bits per heavy atom. The summed E-state index contributed by atoms with van der Waals surface area (Å²) in [7, 11) is 2.71. The fourth-order valence-corrected chi connectivity index (χ4v) is 3.53. The number of amides is 1. The van der Waals surface area contributed by atoms with Crippen molar-refractivity contribution in [2.75, 3.05) is 11.1 Å². The number of aliphatic imine (C=N–C) groups is 1. The molecule has 4 nitrogen and oxygen atoms in total. The molecule has 0 fully saturated rings. The van der Waals surface area contributed by atoms with Crippen molar-refractivity contribution in [1.29, 1.82) is 0 Å². The molecular formula is C12H16N3OPS. The number of benzene rings is 1. The Balaban J connectivity index is 2.45. The molecule has 2 unspecified atom stereocenters. The zero-order valence-electron chi connectivity index (χ0n) is 10.1. The minimum absolute atomic E-state index is 0.313. The average Bonchev–Trinajstić information content (AvgIpc) is 2.31. The second-order valence-electron chi connectivity index (χ2n) is 4.39. The van der Waals surface area contributed by atoms with Crippen molar-refractivity contribution in [3.05, 3.63) is 23.8 Å². The van der Waals surface area contributed by atoms with Gasteiger partial charge in [0.05, 0.1) is 5.54 Å². The van der Waals surface area contributed by atoms with Crippen LogP contribution in [0.1, 0.15) is 18.9 Å². The van der Waals surface area contributed by atoms with Crippen LogP contribution in [0.15, 0.2) is 23.2 Å². The Hall–Kier alpha value is -1.06. The van der Waals surface area contributed by atoms with Gasteiger partial charge in [-0.2, -0.15) is 0 Å². The zero-order chi connectivity index (χ0) is 13.2. The van der Waals surface area contributed by atoms with Gasteiger partial charge in [-0.25, -0.2) is 0 Å². The van der Waals surface area contributed by atoms with E-state index in [1.54, 1.807) is 11.8 Å². The molecular weight excluding hydrogens is 265 g/mol. The lowest BCUT2D eigenvalue weighted by Crippen LogP contribution is -2.31. The lowest BCUT2D eigenvalue weighted by Gasteiger charge is -2.31. The minimum atomic E-state index is -0.313. The van der Waals surface area contributed by atoms with Crippen molar-refractivity contribution in [3.8, 4) is 0 Å². The number of thioether (sulfide) groups is 1. The highest BCUT2D eigenvalue weighted by Gasteiger charge is 2.30. The summed E-state index contributed by atoms with van der Waals surface area (Å²) in [5.41, 5.74) is 7.38. The molecule has 18 heavy (non-hydrogen) atoms. The first-order valence-corrected chi connectivity index (χ1v) is 7.20. The maximum atomic E-state index is 10.5. The molecule has 1 aromatic carbocycles. The number of nitrogens with two attached hydrogens (primary N) is 1. The fraction of sp³-hybridized carbons (Fsp3) is 0.333. The zero-order valence-corrected chi connectivity index (χ0v) is 12.1. The number of carbonyl (C=O) groups excluding carboxylic acids is 1. The average molecular weight is 281 g/mol. The summed E-state index contributed by atoms with van der Waals surface area (Å²) < 4.78 is 0. The van der Waals surface area contributed by atoms with Crippen LogP contribution in [-0.2, 0) is 10.3 Å². The van der Waals surface area contributed by atoms with Crippen LogP contribution in [0.3, 0.4) is 0 Å². The normalized spacial score (nSPS) is 23.3. The van der Waals surface area contributed by atoms with Gasteiger partial charge in [0.15, 0.2) is 5.17 Å². The van der Waals surface area contributed by atoms with Gasteiger partial charge in [0.1, 0.15) is 0 Å². The van der Waals surface area contributed by atoms with E-state index >= 15 is 0 Å². The molecule has 0 saturated carbocycles. The first-order valence-electron chi connectivity index (χ1n) is 5.63. The number of nitrogens with one attached hydrogen (secondary N) is 1. The fourth-order valence-electron chi connectivity index (χ4n) is 2.06. The van der Waals surface area contributed by atoms with Crippen LogP contribution < -0.4 is 16.4 Å². The molecule has 1 aliphatic heterocycles. The van der Waals surface area contributed by atoms with Crippen LogP contribution in [0.4, 0.5) is 5.69 Å². The summed E-state index contributed by atoms with van der Waals surface area (Å²) in [6.07, 6.45) is 1.61. The summed E-state index contributed by atoms with van der Waals surface area (Å²) in [5.74, 6) is 0.960. The van der Waals surface area contributed by atoms with Crippen LogP contribution in [0, 0.1) is 0 Å². The highest BCUT2D eigenvalue weighted by atomic mass is 32.2. The molecule has 96 valence electrons. The van der Waals surface area contributed by atoms with Gasteiger partial charge in [-0.1, -0.05) is 17.8 Å². The second kappa shape index (κ2) is 5.29. The van der Waals surface area contributed by atoms with E-state index in [1.807, 2.05) is 18.2 Å². The maximum absolute atomic E-state index is 10.5. The van der Waals surface area contributed by atoms with Gasteiger partial charge in [0, 0.05) is 11.4 Å². The SMILES string of the molecule is CC1(c2cc(NC=O)ccc2P)CCSC(N)=N1. The number of nitrogens with zero attached hydrogens (tertiary/aromatic N) is 1. The molecule has 1 aromatic rings. The summed E-state index contributed by atoms with van der Waals surface area (Å²) >= 11 is 1.58. The molecule has 6 heteroatoms. The number of anilines is 1. The summed E-state index contributed by atoms with van der Waals surface area (Å²) in [6, 6.07) is 5.79. The molecule has 0 radical (unpaired) electrons.